The van der Waals surface area contributed by atoms with E-state index < -0.39 is 11.9 Å². The molecule has 0 heterocycles. The highest BCUT2D eigenvalue weighted by atomic mass is 35.5. The molecule has 0 spiro atoms. The molecule has 0 aliphatic heterocycles. The number of rotatable bonds is 4. The Morgan fingerprint density at radius 2 is 1.94 bits per heavy atom. The van der Waals surface area contributed by atoms with Crippen molar-refractivity contribution >= 4 is 35.3 Å². The van der Waals surface area contributed by atoms with Crippen molar-refractivity contribution in [2.45, 2.75) is 24.3 Å². The average Bonchev–Trinajstić information content (AvgIpc) is 2.28. The summed E-state index contributed by atoms with van der Waals surface area (Å²) in [5, 5.41) is 2.39. The van der Waals surface area contributed by atoms with E-state index in [-0.39, 0.29) is 10.5 Å². The molecule has 0 aromatic heterocycles. The van der Waals surface area contributed by atoms with Gasteiger partial charge < -0.3 is 5.73 Å². The SMILES string of the molecule is CC(SC(C)c1ccccc1Cl)C(=O)NC(N)=O. The van der Waals surface area contributed by atoms with Crippen LogP contribution in [0, 0.1) is 0 Å². The first-order chi connectivity index (χ1) is 8.41. The van der Waals surface area contributed by atoms with Crippen molar-refractivity contribution in [1.29, 1.82) is 0 Å². The van der Waals surface area contributed by atoms with Crippen LogP contribution in [0.2, 0.25) is 5.02 Å². The Bertz CT molecular complexity index is 453. The molecule has 6 heteroatoms. The van der Waals surface area contributed by atoms with Crippen LogP contribution in [0.1, 0.15) is 24.7 Å². The smallest absolute Gasteiger partial charge is 0.318 e. The molecule has 0 radical (unpaired) electrons. The molecular formula is C12H15ClN2O2S. The fourth-order valence-electron chi connectivity index (χ4n) is 1.47. The molecule has 0 bridgehead atoms. The number of nitrogens with two attached hydrogens (primary N) is 1. The molecule has 4 nitrogen and oxygen atoms in total. The number of benzene rings is 1. The Hall–Kier alpha value is -1.20. The van der Waals surface area contributed by atoms with E-state index in [1.165, 1.54) is 11.8 Å². The number of hydrogen-bond acceptors (Lipinski definition) is 3. The molecule has 2 atom stereocenters. The second-order valence-electron chi connectivity index (χ2n) is 3.80. The van der Waals surface area contributed by atoms with Gasteiger partial charge in [-0.3, -0.25) is 10.1 Å². The number of carbonyl (C=O) groups is 2. The second kappa shape index (κ2) is 6.66. The largest absolute Gasteiger partial charge is 0.351 e. The molecule has 0 fully saturated rings. The number of halogens is 1. The molecule has 0 saturated heterocycles. The van der Waals surface area contributed by atoms with Crippen LogP contribution >= 0.6 is 23.4 Å². The van der Waals surface area contributed by atoms with Crippen LogP contribution in [0.3, 0.4) is 0 Å². The van der Waals surface area contributed by atoms with Crippen LogP contribution in [0.4, 0.5) is 4.79 Å². The van der Waals surface area contributed by atoms with E-state index >= 15 is 0 Å². The standard InChI is InChI=1S/C12H15ClN2O2S/c1-7(9-5-3-4-6-10(9)13)18-8(2)11(16)15-12(14)17/h3-8H,1-2H3,(H3,14,15,16,17). The first-order valence-electron chi connectivity index (χ1n) is 5.42. The number of carbonyl (C=O) groups excluding carboxylic acids is 2. The number of hydrogen-bond donors (Lipinski definition) is 2. The monoisotopic (exact) mass is 286 g/mol. The normalized spacial score (nSPS) is 13.7. The van der Waals surface area contributed by atoms with Gasteiger partial charge in [-0.25, -0.2) is 4.79 Å². The number of thioether (sulfide) groups is 1. The Morgan fingerprint density at radius 1 is 1.33 bits per heavy atom. The molecule has 1 rings (SSSR count). The number of imide groups is 1. The van der Waals surface area contributed by atoms with E-state index in [1.807, 2.05) is 31.2 Å². The Morgan fingerprint density at radius 3 is 2.50 bits per heavy atom. The third kappa shape index (κ3) is 4.23. The van der Waals surface area contributed by atoms with Crippen LogP contribution in [0.5, 0.6) is 0 Å². The summed E-state index contributed by atoms with van der Waals surface area (Å²) in [5.41, 5.74) is 5.86. The lowest BCUT2D eigenvalue weighted by Crippen LogP contribution is -2.39. The summed E-state index contributed by atoms with van der Waals surface area (Å²) in [6.45, 7) is 3.68. The summed E-state index contributed by atoms with van der Waals surface area (Å²) in [4.78, 5) is 22.1. The van der Waals surface area contributed by atoms with Crippen molar-refractivity contribution in [3.8, 4) is 0 Å². The highest BCUT2D eigenvalue weighted by Crippen LogP contribution is 2.35. The van der Waals surface area contributed by atoms with Gasteiger partial charge in [-0.05, 0) is 25.5 Å². The summed E-state index contributed by atoms with van der Waals surface area (Å²) in [7, 11) is 0. The van der Waals surface area contributed by atoms with Crippen molar-refractivity contribution in [1.82, 2.24) is 5.32 Å². The quantitative estimate of drug-likeness (QED) is 0.894. The maximum Gasteiger partial charge on any atom is 0.318 e. The van der Waals surface area contributed by atoms with Gasteiger partial charge in [-0.15, -0.1) is 11.8 Å². The molecule has 98 valence electrons. The van der Waals surface area contributed by atoms with Gasteiger partial charge in [-0.2, -0.15) is 0 Å². The first kappa shape index (κ1) is 14.9. The maximum atomic E-state index is 11.5. The summed E-state index contributed by atoms with van der Waals surface area (Å²) in [6.07, 6.45) is 0. The third-order valence-corrected chi connectivity index (χ3v) is 4.00. The average molecular weight is 287 g/mol. The van der Waals surface area contributed by atoms with Crippen LogP contribution in [-0.2, 0) is 4.79 Å². The fourth-order valence-corrected chi connectivity index (χ4v) is 2.98. The lowest BCUT2D eigenvalue weighted by atomic mass is 10.2. The van der Waals surface area contributed by atoms with Gasteiger partial charge in [-0.1, -0.05) is 29.8 Å². The molecular weight excluding hydrogens is 272 g/mol. The molecule has 0 saturated carbocycles. The minimum absolute atomic E-state index is 0.0485. The second-order valence-corrected chi connectivity index (χ2v) is 5.89. The third-order valence-electron chi connectivity index (χ3n) is 2.37. The molecule has 0 aliphatic rings. The summed E-state index contributed by atoms with van der Waals surface area (Å²) in [5.74, 6) is -0.397. The predicted molar refractivity (Wildman–Crippen MR) is 74.6 cm³/mol. The van der Waals surface area contributed by atoms with Crippen LogP contribution < -0.4 is 11.1 Å². The van der Waals surface area contributed by atoms with Gasteiger partial charge >= 0.3 is 6.03 Å². The first-order valence-corrected chi connectivity index (χ1v) is 6.74. The van der Waals surface area contributed by atoms with E-state index in [2.05, 4.69) is 5.32 Å². The van der Waals surface area contributed by atoms with Gasteiger partial charge in [0.15, 0.2) is 0 Å². The van der Waals surface area contributed by atoms with E-state index in [0.717, 1.165) is 5.56 Å². The number of nitrogens with one attached hydrogen (secondary N) is 1. The van der Waals surface area contributed by atoms with E-state index in [4.69, 9.17) is 17.3 Å². The molecule has 3 amide bonds. The van der Waals surface area contributed by atoms with Crippen molar-refractivity contribution in [3.63, 3.8) is 0 Å². The van der Waals surface area contributed by atoms with E-state index in [1.54, 1.807) is 6.92 Å². The fraction of sp³-hybridized carbons (Fsp3) is 0.333. The summed E-state index contributed by atoms with van der Waals surface area (Å²) in [6, 6.07) is 6.64. The lowest BCUT2D eigenvalue weighted by molar-refractivity contribution is -0.119. The number of amides is 3. The van der Waals surface area contributed by atoms with Gasteiger partial charge in [0.2, 0.25) is 5.91 Å². The zero-order valence-electron chi connectivity index (χ0n) is 10.1. The highest BCUT2D eigenvalue weighted by molar-refractivity contribution is 8.00. The Labute approximate surface area is 115 Å². The minimum atomic E-state index is -0.835. The molecule has 18 heavy (non-hydrogen) atoms. The predicted octanol–water partition coefficient (Wildman–Crippen LogP) is 2.72. The summed E-state index contributed by atoms with van der Waals surface area (Å²) >= 11 is 7.49. The number of primary amides is 1. The van der Waals surface area contributed by atoms with Gasteiger partial charge in [0.1, 0.15) is 0 Å². The highest BCUT2D eigenvalue weighted by Gasteiger charge is 2.20. The van der Waals surface area contributed by atoms with Gasteiger partial charge in [0.25, 0.3) is 0 Å². The van der Waals surface area contributed by atoms with Crippen LogP contribution in [0.25, 0.3) is 0 Å². The van der Waals surface area contributed by atoms with E-state index in [9.17, 15) is 9.59 Å². The number of urea groups is 1. The van der Waals surface area contributed by atoms with Crippen LogP contribution in [-0.4, -0.2) is 17.2 Å². The molecule has 3 N–H and O–H groups in total. The molecule has 0 aliphatic carbocycles. The Kier molecular flexibility index (Phi) is 5.50. The van der Waals surface area contributed by atoms with Crippen molar-refractivity contribution in [2.24, 2.45) is 5.73 Å². The van der Waals surface area contributed by atoms with Crippen LogP contribution in [0.15, 0.2) is 24.3 Å². The van der Waals surface area contributed by atoms with Crippen molar-refractivity contribution in [2.75, 3.05) is 0 Å². The summed E-state index contributed by atoms with van der Waals surface area (Å²) < 4.78 is 0. The zero-order valence-corrected chi connectivity index (χ0v) is 11.7. The lowest BCUT2D eigenvalue weighted by Gasteiger charge is -2.17. The van der Waals surface area contributed by atoms with Gasteiger partial charge in [0, 0.05) is 10.3 Å². The minimum Gasteiger partial charge on any atom is -0.351 e. The van der Waals surface area contributed by atoms with Crippen molar-refractivity contribution in [3.05, 3.63) is 34.9 Å². The van der Waals surface area contributed by atoms with Crippen molar-refractivity contribution < 1.29 is 9.59 Å². The topological polar surface area (TPSA) is 72.2 Å². The zero-order chi connectivity index (χ0) is 13.7. The molecule has 2 unspecified atom stereocenters. The molecule has 1 aromatic rings. The van der Waals surface area contributed by atoms with Gasteiger partial charge in [0.05, 0.1) is 5.25 Å². The molecule has 1 aromatic carbocycles. The maximum absolute atomic E-state index is 11.5. The Balaban J connectivity index is 2.65. The van der Waals surface area contributed by atoms with E-state index in [0.29, 0.717) is 5.02 Å².